The molecule has 31 heavy (non-hydrogen) atoms. The summed E-state index contributed by atoms with van der Waals surface area (Å²) in [6, 6.07) is 4.62. The van der Waals surface area contributed by atoms with Crippen LogP contribution < -0.4 is 5.32 Å². The van der Waals surface area contributed by atoms with Crippen LogP contribution >= 0.6 is 11.3 Å². The molecular formula is C24H36N4O2S. The van der Waals surface area contributed by atoms with Crippen LogP contribution in [-0.2, 0) is 11.3 Å². The second-order valence-electron chi connectivity index (χ2n) is 8.99. The standard InChI is InChI=1S/C24H36N4O2S/c1-3-28-12-4-6-20(28)16-25-23(29)9-8-19-10-13-27(14-11-19)17-21-18(2)30-24(26-21)22-7-5-15-31-22/h5,7,15,19-20H,3-4,6,8-14,16-17H2,1-2H3,(H,25,29). The number of oxazole rings is 1. The van der Waals surface area contributed by atoms with Crippen LogP contribution in [0.15, 0.2) is 21.9 Å². The molecule has 0 spiro atoms. The number of rotatable bonds is 9. The second kappa shape index (κ2) is 10.7. The van der Waals surface area contributed by atoms with Crippen molar-refractivity contribution in [1.29, 1.82) is 0 Å². The third-order valence-electron chi connectivity index (χ3n) is 6.92. The molecule has 2 saturated heterocycles. The molecule has 2 aromatic heterocycles. The molecule has 1 N–H and O–H groups in total. The van der Waals surface area contributed by atoms with Gasteiger partial charge in [0.1, 0.15) is 5.76 Å². The molecule has 4 rings (SSSR count). The number of hydrogen-bond acceptors (Lipinski definition) is 6. The van der Waals surface area contributed by atoms with Crippen molar-refractivity contribution in [2.24, 2.45) is 5.92 Å². The number of carbonyl (C=O) groups excluding carboxylic acids is 1. The third-order valence-corrected chi connectivity index (χ3v) is 7.78. The first-order chi connectivity index (χ1) is 15.1. The zero-order valence-corrected chi connectivity index (χ0v) is 19.8. The lowest BCUT2D eigenvalue weighted by Crippen LogP contribution is -2.40. The number of thiophene rings is 1. The van der Waals surface area contributed by atoms with Gasteiger partial charge in [-0.25, -0.2) is 4.98 Å². The Balaban J connectivity index is 1.15. The van der Waals surface area contributed by atoms with E-state index < -0.39 is 0 Å². The fourth-order valence-corrected chi connectivity index (χ4v) is 5.57. The molecule has 7 heteroatoms. The van der Waals surface area contributed by atoms with Gasteiger partial charge in [0.15, 0.2) is 0 Å². The largest absolute Gasteiger partial charge is 0.440 e. The second-order valence-corrected chi connectivity index (χ2v) is 9.93. The van der Waals surface area contributed by atoms with Crippen molar-refractivity contribution in [3.63, 3.8) is 0 Å². The molecule has 0 saturated carbocycles. The Labute approximate surface area is 190 Å². The van der Waals surface area contributed by atoms with Gasteiger partial charge in [0.25, 0.3) is 0 Å². The average Bonchev–Trinajstić information content (AvgIpc) is 3.53. The van der Waals surface area contributed by atoms with Gasteiger partial charge >= 0.3 is 0 Å². The van der Waals surface area contributed by atoms with Gasteiger partial charge in [-0.05, 0) is 82.6 Å². The summed E-state index contributed by atoms with van der Waals surface area (Å²) < 4.78 is 5.89. The van der Waals surface area contributed by atoms with E-state index in [1.807, 2.05) is 18.4 Å². The quantitative estimate of drug-likeness (QED) is 0.625. The van der Waals surface area contributed by atoms with Gasteiger partial charge in [-0.3, -0.25) is 14.6 Å². The highest BCUT2D eigenvalue weighted by Crippen LogP contribution is 2.28. The third kappa shape index (κ3) is 5.96. The zero-order chi connectivity index (χ0) is 21.6. The van der Waals surface area contributed by atoms with Crippen LogP contribution in [0.5, 0.6) is 0 Å². The topological polar surface area (TPSA) is 61.6 Å². The van der Waals surface area contributed by atoms with Crippen LogP contribution in [0.25, 0.3) is 10.8 Å². The van der Waals surface area contributed by atoms with Gasteiger partial charge in [-0.2, -0.15) is 0 Å². The van der Waals surface area contributed by atoms with Gasteiger partial charge < -0.3 is 9.73 Å². The van der Waals surface area contributed by atoms with Crippen LogP contribution in [0, 0.1) is 12.8 Å². The van der Waals surface area contributed by atoms with Crippen molar-refractivity contribution in [3.05, 3.63) is 29.0 Å². The lowest BCUT2D eigenvalue weighted by atomic mass is 9.92. The van der Waals surface area contributed by atoms with E-state index in [4.69, 9.17) is 9.40 Å². The number of amides is 1. The average molecular weight is 445 g/mol. The number of carbonyl (C=O) groups is 1. The molecule has 2 aromatic rings. The molecule has 4 heterocycles. The normalized spacial score (nSPS) is 21.0. The Kier molecular flexibility index (Phi) is 7.80. The minimum atomic E-state index is 0.227. The number of likely N-dealkylation sites (tertiary alicyclic amines) is 2. The predicted octanol–water partition coefficient (Wildman–Crippen LogP) is 4.30. The lowest BCUT2D eigenvalue weighted by Gasteiger charge is -2.31. The van der Waals surface area contributed by atoms with E-state index in [1.54, 1.807) is 11.3 Å². The molecule has 6 nitrogen and oxygen atoms in total. The molecule has 170 valence electrons. The summed E-state index contributed by atoms with van der Waals surface area (Å²) in [5.41, 5.74) is 1.05. The summed E-state index contributed by atoms with van der Waals surface area (Å²) in [5.74, 6) is 2.54. The van der Waals surface area contributed by atoms with Crippen molar-refractivity contribution in [2.75, 3.05) is 32.7 Å². The van der Waals surface area contributed by atoms with Crippen molar-refractivity contribution in [2.45, 2.75) is 65.0 Å². The predicted molar refractivity (Wildman–Crippen MR) is 125 cm³/mol. The number of hydrogen-bond donors (Lipinski definition) is 1. The SMILES string of the molecule is CCN1CCCC1CNC(=O)CCC1CCN(Cc2nc(-c3cccs3)oc2C)CC1. The maximum atomic E-state index is 12.3. The molecule has 2 aliphatic rings. The highest BCUT2D eigenvalue weighted by molar-refractivity contribution is 7.13. The van der Waals surface area contributed by atoms with E-state index in [0.717, 1.165) is 74.2 Å². The smallest absolute Gasteiger partial charge is 0.236 e. The molecule has 1 amide bonds. The zero-order valence-electron chi connectivity index (χ0n) is 18.9. The van der Waals surface area contributed by atoms with Gasteiger partial charge in [0.05, 0.1) is 10.6 Å². The van der Waals surface area contributed by atoms with E-state index in [0.29, 0.717) is 18.4 Å². The van der Waals surface area contributed by atoms with Crippen LogP contribution in [0.3, 0.4) is 0 Å². The Hall–Kier alpha value is -1.70. The van der Waals surface area contributed by atoms with Crippen LogP contribution in [0.1, 0.15) is 56.9 Å². The van der Waals surface area contributed by atoms with Crippen molar-refractivity contribution < 1.29 is 9.21 Å². The van der Waals surface area contributed by atoms with Crippen LogP contribution in [0.4, 0.5) is 0 Å². The molecule has 0 radical (unpaired) electrons. The molecule has 0 aromatic carbocycles. The van der Waals surface area contributed by atoms with E-state index in [-0.39, 0.29) is 5.91 Å². The van der Waals surface area contributed by atoms with Crippen LogP contribution in [0.2, 0.25) is 0 Å². The van der Waals surface area contributed by atoms with Gasteiger partial charge in [0, 0.05) is 25.6 Å². The molecule has 0 bridgehead atoms. The van der Waals surface area contributed by atoms with E-state index in [1.165, 1.54) is 19.4 Å². The Morgan fingerprint density at radius 1 is 1.29 bits per heavy atom. The molecule has 0 aliphatic carbocycles. The first kappa shape index (κ1) is 22.5. The Bertz CT molecular complexity index is 827. The first-order valence-electron chi connectivity index (χ1n) is 11.9. The summed E-state index contributed by atoms with van der Waals surface area (Å²) >= 11 is 1.66. The minimum absolute atomic E-state index is 0.227. The summed E-state index contributed by atoms with van der Waals surface area (Å²) in [7, 11) is 0. The molecule has 1 atom stereocenters. The van der Waals surface area contributed by atoms with Crippen molar-refractivity contribution in [1.82, 2.24) is 20.1 Å². The first-order valence-corrected chi connectivity index (χ1v) is 12.7. The monoisotopic (exact) mass is 444 g/mol. The molecule has 1 unspecified atom stereocenters. The summed E-state index contributed by atoms with van der Waals surface area (Å²) in [4.78, 5) is 23.1. The molecule has 2 aliphatic heterocycles. The highest BCUT2D eigenvalue weighted by atomic mass is 32.1. The summed E-state index contributed by atoms with van der Waals surface area (Å²) in [5, 5.41) is 5.23. The van der Waals surface area contributed by atoms with Crippen molar-refractivity contribution in [3.8, 4) is 10.8 Å². The van der Waals surface area contributed by atoms with E-state index in [2.05, 4.69) is 28.1 Å². The van der Waals surface area contributed by atoms with E-state index >= 15 is 0 Å². The van der Waals surface area contributed by atoms with Gasteiger partial charge in [-0.1, -0.05) is 13.0 Å². The minimum Gasteiger partial charge on any atom is -0.440 e. The lowest BCUT2D eigenvalue weighted by molar-refractivity contribution is -0.121. The number of aryl methyl sites for hydroxylation is 1. The fourth-order valence-electron chi connectivity index (χ4n) is 4.92. The Morgan fingerprint density at radius 3 is 2.87 bits per heavy atom. The van der Waals surface area contributed by atoms with Crippen LogP contribution in [-0.4, -0.2) is 59.5 Å². The van der Waals surface area contributed by atoms with Crippen molar-refractivity contribution >= 4 is 17.2 Å². The highest BCUT2D eigenvalue weighted by Gasteiger charge is 2.24. The number of piperidine rings is 1. The van der Waals surface area contributed by atoms with Gasteiger partial charge in [-0.15, -0.1) is 11.3 Å². The summed E-state index contributed by atoms with van der Waals surface area (Å²) in [6.07, 6.45) is 6.47. The van der Waals surface area contributed by atoms with E-state index in [9.17, 15) is 4.79 Å². The molecule has 2 fully saturated rings. The number of likely N-dealkylation sites (N-methyl/N-ethyl adjacent to an activating group) is 1. The number of nitrogens with one attached hydrogen (secondary N) is 1. The maximum Gasteiger partial charge on any atom is 0.236 e. The van der Waals surface area contributed by atoms with Gasteiger partial charge in [0.2, 0.25) is 11.8 Å². The summed E-state index contributed by atoms with van der Waals surface area (Å²) in [6.45, 7) is 10.3. The number of aromatic nitrogens is 1. The molecular weight excluding hydrogens is 408 g/mol. The fraction of sp³-hybridized carbons (Fsp3) is 0.667. The maximum absolute atomic E-state index is 12.3. The number of nitrogens with zero attached hydrogens (tertiary/aromatic N) is 3. The Morgan fingerprint density at radius 2 is 2.13 bits per heavy atom.